The summed E-state index contributed by atoms with van der Waals surface area (Å²) in [4.78, 5) is 21.4. The van der Waals surface area contributed by atoms with Crippen molar-refractivity contribution in [3.8, 4) is 11.3 Å². The van der Waals surface area contributed by atoms with Crippen LogP contribution in [0.15, 0.2) is 59.3 Å². The molecule has 0 saturated carbocycles. The molecule has 4 aromatic rings. The Morgan fingerprint density at radius 2 is 2.04 bits per heavy atom. The van der Waals surface area contributed by atoms with Crippen LogP contribution in [0.5, 0.6) is 0 Å². The van der Waals surface area contributed by atoms with Crippen molar-refractivity contribution >= 4 is 44.9 Å². The number of thioether (sulfide) groups is 1. The Labute approximate surface area is 158 Å². The number of aromatic nitrogens is 3. The van der Waals surface area contributed by atoms with E-state index in [1.165, 1.54) is 11.3 Å². The lowest BCUT2D eigenvalue weighted by Gasteiger charge is -2.06. The van der Waals surface area contributed by atoms with Crippen LogP contribution in [0.2, 0.25) is 0 Å². The summed E-state index contributed by atoms with van der Waals surface area (Å²) in [6.07, 6.45) is 2.09. The number of benzene rings is 2. The molecule has 3 heterocycles. The summed E-state index contributed by atoms with van der Waals surface area (Å²) >= 11 is 3.32. The average Bonchev–Trinajstić information content (AvgIpc) is 3.37. The van der Waals surface area contributed by atoms with Crippen LogP contribution in [0.25, 0.3) is 21.5 Å². The normalized spacial score (nSPS) is 13.1. The molecule has 0 bridgehead atoms. The van der Waals surface area contributed by atoms with Crippen LogP contribution >= 0.6 is 23.1 Å². The largest absolute Gasteiger partial charge is 0.325 e. The fourth-order valence-electron chi connectivity index (χ4n) is 2.97. The predicted octanol–water partition coefficient (Wildman–Crippen LogP) is 4.52. The third-order valence-electron chi connectivity index (χ3n) is 4.34. The highest BCUT2D eigenvalue weighted by molar-refractivity contribution is 7.99. The van der Waals surface area contributed by atoms with E-state index in [2.05, 4.69) is 26.0 Å². The number of carbonyl (C=O) groups excluding carboxylic acids is 1. The smallest absolute Gasteiger partial charge is 0.255 e. The molecule has 0 atom stereocenters. The summed E-state index contributed by atoms with van der Waals surface area (Å²) in [7, 11) is 0. The third kappa shape index (κ3) is 2.79. The lowest BCUT2D eigenvalue weighted by molar-refractivity contribution is 0.102. The second kappa shape index (κ2) is 6.26. The highest BCUT2D eigenvalue weighted by atomic mass is 32.2. The van der Waals surface area contributed by atoms with E-state index in [-0.39, 0.29) is 5.91 Å². The van der Waals surface area contributed by atoms with Crippen LogP contribution in [0, 0.1) is 0 Å². The Morgan fingerprint density at radius 1 is 1.15 bits per heavy atom. The zero-order valence-corrected chi connectivity index (χ0v) is 15.3. The van der Waals surface area contributed by atoms with Gasteiger partial charge < -0.3 is 9.88 Å². The van der Waals surface area contributed by atoms with Crippen LogP contribution < -0.4 is 5.32 Å². The molecule has 0 spiro atoms. The number of thiazole rings is 1. The Kier molecular flexibility index (Phi) is 3.76. The van der Waals surface area contributed by atoms with Crippen LogP contribution in [0.3, 0.4) is 0 Å². The van der Waals surface area contributed by atoms with Gasteiger partial charge in [0.15, 0.2) is 5.16 Å². The number of anilines is 1. The molecular formula is C19H14N4OS2. The van der Waals surface area contributed by atoms with Gasteiger partial charge in [0, 0.05) is 35.3 Å². The lowest BCUT2D eigenvalue weighted by atomic mass is 10.1. The highest BCUT2D eigenvalue weighted by Crippen LogP contribution is 2.29. The number of aryl methyl sites for hydroxylation is 1. The minimum atomic E-state index is -0.120. The Balaban J connectivity index is 1.34. The number of carbonyl (C=O) groups is 1. The van der Waals surface area contributed by atoms with Crippen molar-refractivity contribution in [3.63, 3.8) is 0 Å². The maximum absolute atomic E-state index is 12.5. The first kappa shape index (κ1) is 15.6. The number of nitrogens with one attached hydrogen (secondary N) is 1. The van der Waals surface area contributed by atoms with Crippen LogP contribution in [0.4, 0.5) is 5.69 Å². The molecule has 5 rings (SSSR count). The summed E-state index contributed by atoms with van der Waals surface area (Å²) in [5, 5.41) is 4.03. The standard InChI is InChI=1S/C19H14N4OS2/c24-18(13-3-6-15-17(9-13)26-11-20-15)21-14-4-1-12(2-5-14)16-10-23-7-8-25-19(23)22-16/h1-6,9-11H,7-8H2,(H,21,24). The first-order chi connectivity index (χ1) is 12.8. The Bertz CT molecular complexity index is 1090. The molecule has 1 amide bonds. The molecule has 1 aliphatic rings. The van der Waals surface area contributed by atoms with Gasteiger partial charge in [0.1, 0.15) is 0 Å². The third-order valence-corrected chi connectivity index (χ3v) is 6.10. The monoisotopic (exact) mass is 378 g/mol. The molecule has 2 aromatic carbocycles. The van der Waals surface area contributed by atoms with E-state index in [4.69, 9.17) is 0 Å². The summed E-state index contributed by atoms with van der Waals surface area (Å²) in [6.45, 7) is 1.02. The van der Waals surface area contributed by atoms with Gasteiger partial charge in [-0.05, 0) is 30.3 Å². The highest BCUT2D eigenvalue weighted by Gasteiger charge is 2.15. The molecule has 0 unspecified atom stereocenters. The maximum atomic E-state index is 12.5. The van der Waals surface area contributed by atoms with Crippen LogP contribution in [-0.2, 0) is 6.54 Å². The summed E-state index contributed by atoms with van der Waals surface area (Å²) < 4.78 is 3.20. The van der Waals surface area contributed by atoms with Gasteiger partial charge in [-0.25, -0.2) is 9.97 Å². The molecule has 1 N–H and O–H groups in total. The number of imidazole rings is 1. The minimum absolute atomic E-state index is 0.120. The van der Waals surface area contributed by atoms with E-state index < -0.39 is 0 Å². The number of hydrogen-bond donors (Lipinski definition) is 1. The average molecular weight is 378 g/mol. The number of amides is 1. The first-order valence-electron chi connectivity index (χ1n) is 8.21. The molecule has 128 valence electrons. The SMILES string of the molecule is O=C(Nc1ccc(-c2cn3c(n2)SCC3)cc1)c1ccc2ncsc2c1. The van der Waals surface area contributed by atoms with Crippen molar-refractivity contribution in [2.24, 2.45) is 0 Å². The second-order valence-corrected chi connectivity index (χ2v) is 7.97. The molecule has 0 fully saturated rings. The fraction of sp³-hybridized carbons (Fsp3) is 0.105. The van der Waals surface area contributed by atoms with Gasteiger partial charge in [-0.15, -0.1) is 11.3 Å². The number of hydrogen-bond acceptors (Lipinski definition) is 5. The number of nitrogens with zero attached hydrogens (tertiary/aromatic N) is 3. The van der Waals surface area contributed by atoms with Gasteiger partial charge in [-0.3, -0.25) is 4.79 Å². The predicted molar refractivity (Wildman–Crippen MR) is 106 cm³/mol. The number of rotatable bonds is 3. The summed E-state index contributed by atoms with van der Waals surface area (Å²) in [6, 6.07) is 13.4. The van der Waals surface area contributed by atoms with Crippen molar-refractivity contribution in [2.45, 2.75) is 11.7 Å². The van der Waals surface area contributed by atoms with Crippen LogP contribution in [0.1, 0.15) is 10.4 Å². The van der Waals surface area contributed by atoms with Crippen molar-refractivity contribution in [1.82, 2.24) is 14.5 Å². The van der Waals surface area contributed by atoms with Gasteiger partial charge >= 0.3 is 0 Å². The first-order valence-corrected chi connectivity index (χ1v) is 10.1. The lowest BCUT2D eigenvalue weighted by Crippen LogP contribution is -2.11. The maximum Gasteiger partial charge on any atom is 0.255 e. The van der Waals surface area contributed by atoms with E-state index >= 15 is 0 Å². The van der Waals surface area contributed by atoms with Crippen molar-refractivity contribution in [1.29, 1.82) is 0 Å². The fourth-order valence-corrected chi connectivity index (χ4v) is 4.63. The molecule has 0 aliphatic carbocycles. The Morgan fingerprint density at radius 3 is 2.88 bits per heavy atom. The van der Waals surface area contributed by atoms with E-state index in [1.807, 2.05) is 36.4 Å². The number of fused-ring (bicyclic) bond motifs is 2. The van der Waals surface area contributed by atoms with Crippen molar-refractivity contribution in [2.75, 3.05) is 11.1 Å². The zero-order valence-electron chi connectivity index (χ0n) is 13.7. The molecule has 0 saturated heterocycles. The molecule has 0 radical (unpaired) electrons. The van der Waals surface area contributed by atoms with E-state index in [1.54, 1.807) is 23.3 Å². The van der Waals surface area contributed by atoms with E-state index in [0.29, 0.717) is 5.56 Å². The van der Waals surface area contributed by atoms with Crippen molar-refractivity contribution < 1.29 is 4.79 Å². The van der Waals surface area contributed by atoms with Gasteiger partial charge in [0.05, 0.1) is 21.4 Å². The summed E-state index contributed by atoms with van der Waals surface area (Å²) in [5.41, 5.74) is 6.13. The molecular weight excluding hydrogens is 364 g/mol. The molecule has 1 aliphatic heterocycles. The molecule has 2 aromatic heterocycles. The molecule has 7 heteroatoms. The van der Waals surface area contributed by atoms with Crippen LogP contribution in [-0.4, -0.2) is 26.2 Å². The van der Waals surface area contributed by atoms with Gasteiger partial charge in [0.25, 0.3) is 5.91 Å². The summed E-state index contributed by atoms with van der Waals surface area (Å²) in [5.74, 6) is 0.978. The van der Waals surface area contributed by atoms with E-state index in [9.17, 15) is 4.79 Å². The second-order valence-electron chi connectivity index (χ2n) is 6.02. The van der Waals surface area contributed by atoms with Gasteiger partial charge in [-0.2, -0.15) is 0 Å². The quantitative estimate of drug-likeness (QED) is 0.569. The van der Waals surface area contributed by atoms with Gasteiger partial charge in [-0.1, -0.05) is 23.9 Å². The van der Waals surface area contributed by atoms with Gasteiger partial charge in [0.2, 0.25) is 0 Å². The molecule has 26 heavy (non-hydrogen) atoms. The topological polar surface area (TPSA) is 59.8 Å². The molecule has 5 nitrogen and oxygen atoms in total. The Hall–Kier alpha value is -2.64. The van der Waals surface area contributed by atoms with Crippen molar-refractivity contribution in [3.05, 3.63) is 59.7 Å². The zero-order chi connectivity index (χ0) is 17.5. The van der Waals surface area contributed by atoms with E-state index in [0.717, 1.165) is 44.6 Å². The minimum Gasteiger partial charge on any atom is -0.325 e.